The molecule has 2 rings (SSSR count). The molecule has 2 atom stereocenters. The van der Waals surface area contributed by atoms with Crippen LogP contribution in [0.4, 0.5) is 0 Å². The van der Waals surface area contributed by atoms with E-state index in [1.807, 2.05) is 27.2 Å². The minimum atomic E-state index is -0.309. The SMILES string of the molecule is C[C@@H](O)CN1CCN(CC(=O)N(C)Cc2cnn(C)c2)C[C@@H]1C. The van der Waals surface area contributed by atoms with E-state index in [1.165, 1.54) is 0 Å². The first-order chi connectivity index (χ1) is 10.8. The molecule has 1 saturated heterocycles. The van der Waals surface area contributed by atoms with E-state index in [4.69, 9.17) is 0 Å². The molecule has 1 N–H and O–H groups in total. The van der Waals surface area contributed by atoms with E-state index in [1.54, 1.807) is 15.8 Å². The Morgan fingerprint density at radius 3 is 2.83 bits per heavy atom. The molecule has 0 saturated carbocycles. The summed E-state index contributed by atoms with van der Waals surface area (Å²) >= 11 is 0. The van der Waals surface area contributed by atoms with Crippen LogP contribution in [-0.2, 0) is 18.4 Å². The van der Waals surface area contributed by atoms with Gasteiger partial charge in [-0.3, -0.25) is 19.3 Å². The maximum atomic E-state index is 12.4. The number of rotatable bonds is 6. The van der Waals surface area contributed by atoms with Gasteiger partial charge in [-0.25, -0.2) is 0 Å². The predicted octanol–water partition coefficient (Wildman–Crippen LogP) is -0.235. The first kappa shape index (κ1) is 17.9. The Bertz CT molecular complexity index is 516. The summed E-state index contributed by atoms with van der Waals surface area (Å²) in [5.74, 6) is 0.130. The van der Waals surface area contributed by atoms with Gasteiger partial charge in [0.2, 0.25) is 5.91 Å². The molecule has 7 nitrogen and oxygen atoms in total. The molecule has 1 aromatic rings. The number of hydrogen-bond donors (Lipinski definition) is 1. The Kier molecular flexibility index (Phi) is 6.15. The Hall–Kier alpha value is -1.44. The van der Waals surface area contributed by atoms with E-state index in [9.17, 15) is 9.90 Å². The van der Waals surface area contributed by atoms with Gasteiger partial charge in [-0.05, 0) is 13.8 Å². The fourth-order valence-electron chi connectivity index (χ4n) is 3.05. The van der Waals surface area contributed by atoms with Gasteiger partial charge < -0.3 is 10.0 Å². The number of β-amino-alcohol motifs (C(OH)–C–C–N with tert-alkyl or cyclic N) is 1. The van der Waals surface area contributed by atoms with Crippen LogP contribution >= 0.6 is 0 Å². The summed E-state index contributed by atoms with van der Waals surface area (Å²) in [4.78, 5) is 18.6. The number of likely N-dealkylation sites (N-methyl/N-ethyl adjacent to an activating group) is 1. The van der Waals surface area contributed by atoms with Gasteiger partial charge in [-0.1, -0.05) is 0 Å². The molecule has 7 heteroatoms. The third kappa shape index (κ3) is 5.30. The van der Waals surface area contributed by atoms with Crippen molar-refractivity contribution in [2.45, 2.75) is 32.5 Å². The lowest BCUT2D eigenvalue weighted by atomic mass is 10.1. The summed E-state index contributed by atoms with van der Waals surface area (Å²) in [7, 11) is 3.71. The second-order valence-corrected chi connectivity index (χ2v) is 6.70. The molecule has 23 heavy (non-hydrogen) atoms. The lowest BCUT2D eigenvalue weighted by Crippen LogP contribution is -2.55. The normalized spacial score (nSPS) is 21.3. The molecule has 0 spiro atoms. The lowest BCUT2D eigenvalue weighted by molar-refractivity contribution is -0.132. The van der Waals surface area contributed by atoms with Crippen molar-refractivity contribution in [3.8, 4) is 0 Å². The maximum absolute atomic E-state index is 12.4. The van der Waals surface area contributed by atoms with Gasteiger partial charge in [0.15, 0.2) is 0 Å². The standard InChI is InChI=1S/C16H29N5O2/c1-13-8-20(5-6-21(13)9-14(2)22)12-16(23)18(3)10-15-7-17-19(4)11-15/h7,11,13-14,22H,5-6,8-10,12H2,1-4H3/t13-,14+/m0/s1. The molecule has 1 aliphatic heterocycles. The zero-order valence-corrected chi connectivity index (χ0v) is 14.6. The van der Waals surface area contributed by atoms with E-state index >= 15 is 0 Å². The van der Waals surface area contributed by atoms with Crippen LogP contribution in [0.25, 0.3) is 0 Å². The Morgan fingerprint density at radius 1 is 1.52 bits per heavy atom. The number of carbonyl (C=O) groups excluding carboxylic acids is 1. The first-order valence-corrected chi connectivity index (χ1v) is 8.21. The summed E-state index contributed by atoms with van der Waals surface area (Å²) in [6, 6.07) is 0.356. The molecule has 0 aliphatic carbocycles. The molecule has 0 unspecified atom stereocenters. The van der Waals surface area contributed by atoms with Crippen LogP contribution in [0.5, 0.6) is 0 Å². The number of aromatic nitrogens is 2. The van der Waals surface area contributed by atoms with Crippen LogP contribution in [0, 0.1) is 0 Å². The third-order valence-corrected chi connectivity index (χ3v) is 4.31. The van der Waals surface area contributed by atoms with Gasteiger partial charge in [0.05, 0.1) is 18.8 Å². The second-order valence-electron chi connectivity index (χ2n) is 6.70. The number of hydrogen-bond acceptors (Lipinski definition) is 5. The largest absolute Gasteiger partial charge is 0.392 e. The van der Waals surface area contributed by atoms with Gasteiger partial charge in [-0.2, -0.15) is 5.10 Å². The number of aliphatic hydroxyl groups is 1. The van der Waals surface area contributed by atoms with E-state index < -0.39 is 0 Å². The van der Waals surface area contributed by atoms with Crippen LogP contribution in [-0.4, -0.2) is 87.4 Å². The topological polar surface area (TPSA) is 64.8 Å². The predicted molar refractivity (Wildman–Crippen MR) is 88.8 cm³/mol. The molecule has 0 aromatic carbocycles. The van der Waals surface area contributed by atoms with Crippen molar-refractivity contribution in [1.82, 2.24) is 24.5 Å². The molecule has 1 aromatic heterocycles. The molecule has 1 aliphatic rings. The van der Waals surface area contributed by atoms with Crippen molar-refractivity contribution in [2.75, 3.05) is 39.8 Å². The Labute approximate surface area is 138 Å². The van der Waals surface area contributed by atoms with Gasteiger partial charge in [0.25, 0.3) is 0 Å². The minimum absolute atomic E-state index is 0.130. The number of piperazine rings is 1. The van der Waals surface area contributed by atoms with E-state index in [0.29, 0.717) is 25.7 Å². The number of carbonyl (C=O) groups is 1. The zero-order chi connectivity index (χ0) is 17.0. The third-order valence-electron chi connectivity index (χ3n) is 4.31. The van der Waals surface area contributed by atoms with Gasteiger partial charge in [0, 0.05) is 64.6 Å². The Balaban J connectivity index is 1.79. The van der Waals surface area contributed by atoms with Crippen LogP contribution < -0.4 is 0 Å². The molecule has 1 amide bonds. The number of nitrogens with zero attached hydrogens (tertiary/aromatic N) is 5. The number of amides is 1. The Morgan fingerprint density at radius 2 is 2.26 bits per heavy atom. The minimum Gasteiger partial charge on any atom is -0.392 e. The van der Waals surface area contributed by atoms with Crippen molar-refractivity contribution in [1.29, 1.82) is 0 Å². The highest BCUT2D eigenvalue weighted by Crippen LogP contribution is 2.11. The van der Waals surface area contributed by atoms with Crippen molar-refractivity contribution in [3.05, 3.63) is 18.0 Å². The monoisotopic (exact) mass is 323 g/mol. The van der Waals surface area contributed by atoms with Gasteiger partial charge in [-0.15, -0.1) is 0 Å². The molecular weight excluding hydrogens is 294 g/mol. The van der Waals surface area contributed by atoms with Crippen molar-refractivity contribution < 1.29 is 9.90 Å². The second kappa shape index (κ2) is 7.90. The van der Waals surface area contributed by atoms with Crippen molar-refractivity contribution in [3.63, 3.8) is 0 Å². The molecule has 0 bridgehead atoms. The summed E-state index contributed by atoms with van der Waals surface area (Å²) < 4.78 is 1.75. The average Bonchev–Trinajstić information content (AvgIpc) is 2.86. The maximum Gasteiger partial charge on any atom is 0.236 e. The quantitative estimate of drug-likeness (QED) is 0.783. The highest BCUT2D eigenvalue weighted by atomic mass is 16.3. The lowest BCUT2D eigenvalue weighted by Gasteiger charge is -2.40. The zero-order valence-electron chi connectivity index (χ0n) is 14.6. The molecule has 1 fully saturated rings. The average molecular weight is 323 g/mol. The number of aliphatic hydroxyl groups excluding tert-OH is 1. The van der Waals surface area contributed by atoms with E-state index in [-0.39, 0.29) is 12.0 Å². The number of aryl methyl sites for hydroxylation is 1. The molecule has 0 radical (unpaired) electrons. The smallest absolute Gasteiger partial charge is 0.236 e. The molecule has 130 valence electrons. The van der Waals surface area contributed by atoms with Crippen LogP contribution in [0.1, 0.15) is 19.4 Å². The highest BCUT2D eigenvalue weighted by Gasteiger charge is 2.26. The molecular formula is C16H29N5O2. The fraction of sp³-hybridized carbons (Fsp3) is 0.750. The van der Waals surface area contributed by atoms with Crippen molar-refractivity contribution >= 4 is 5.91 Å². The summed E-state index contributed by atoms with van der Waals surface area (Å²) in [6.45, 7) is 8.32. The van der Waals surface area contributed by atoms with Crippen molar-refractivity contribution in [2.24, 2.45) is 7.05 Å². The summed E-state index contributed by atoms with van der Waals surface area (Å²) in [5.41, 5.74) is 1.04. The van der Waals surface area contributed by atoms with E-state index in [2.05, 4.69) is 21.8 Å². The summed E-state index contributed by atoms with van der Waals surface area (Å²) in [6.07, 6.45) is 3.41. The first-order valence-electron chi connectivity index (χ1n) is 8.21. The van der Waals surface area contributed by atoms with Crippen LogP contribution in [0.3, 0.4) is 0 Å². The fourth-order valence-corrected chi connectivity index (χ4v) is 3.05. The van der Waals surface area contributed by atoms with Crippen LogP contribution in [0.2, 0.25) is 0 Å². The molecule has 2 heterocycles. The van der Waals surface area contributed by atoms with Crippen LogP contribution in [0.15, 0.2) is 12.4 Å². The van der Waals surface area contributed by atoms with Gasteiger partial charge in [0.1, 0.15) is 0 Å². The highest BCUT2D eigenvalue weighted by molar-refractivity contribution is 5.78. The van der Waals surface area contributed by atoms with Gasteiger partial charge >= 0.3 is 0 Å². The summed E-state index contributed by atoms with van der Waals surface area (Å²) in [5, 5.41) is 13.7. The van der Waals surface area contributed by atoms with E-state index in [0.717, 1.165) is 25.2 Å².